The van der Waals surface area contributed by atoms with Crippen molar-refractivity contribution < 1.29 is 0 Å². The molecule has 2 rings (SSSR count). The van der Waals surface area contributed by atoms with Crippen LogP contribution in [-0.4, -0.2) is 39.1 Å². The van der Waals surface area contributed by atoms with Crippen LogP contribution in [0.15, 0.2) is 20.8 Å². The molecule has 0 aromatic carbocycles. The second kappa shape index (κ2) is 7.28. The molecule has 0 nitrogen and oxygen atoms in total. The maximum atomic E-state index is 2.35. The zero-order chi connectivity index (χ0) is 9.64. The molecule has 2 unspecified atom stereocenters. The molecule has 0 N–H and O–H groups in total. The molecular formula is C8H10S4Se2. The third kappa shape index (κ3) is 4.42. The molecule has 0 aliphatic carbocycles. The van der Waals surface area contributed by atoms with Crippen molar-refractivity contribution in [2.24, 2.45) is 0 Å². The fourth-order valence-electron chi connectivity index (χ4n) is 0.890. The Balaban J connectivity index is 1.66. The summed E-state index contributed by atoms with van der Waals surface area (Å²) in [5, 5.41) is 7.40. The van der Waals surface area contributed by atoms with Crippen LogP contribution in [0.5, 0.6) is 0 Å². The van der Waals surface area contributed by atoms with Gasteiger partial charge in [-0.15, -0.1) is 0 Å². The fourth-order valence-corrected chi connectivity index (χ4v) is 13.1. The zero-order valence-electron chi connectivity index (χ0n) is 7.33. The molecule has 2 atom stereocenters. The van der Waals surface area contributed by atoms with E-state index in [1.54, 1.807) is 0 Å². The first kappa shape index (κ1) is 12.4. The van der Waals surface area contributed by atoms with E-state index in [1.165, 1.54) is 10.6 Å². The summed E-state index contributed by atoms with van der Waals surface area (Å²) in [6, 6.07) is 0. The summed E-state index contributed by atoms with van der Waals surface area (Å²) >= 11 is 5.56. The van der Waals surface area contributed by atoms with E-state index in [0.29, 0.717) is 0 Å². The van der Waals surface area contributed by atoms with Gasteiger partial charge >= 0.3 is 116 Å². The summed E-state index contributed by atoms with van der Waals surface area (Å²) in [5.41, 5.74) is 0. The summed E-state index contributed by atoms with van der Waals surface area (Å²) in [5.74, 6) is 0. The first-order valence-corrected chi connectivity index (χ1v) is 12.7. The molecule has 0 spiro atoms. The summed E-state index contributed by atoms with van der Waals surface area (Å²) < 4.78 is 1.65. The molecule has 2 aliphatic rings. The van der Waals surface area contributed by atoms with Crippen molar-refractivity contribution in [2.45, 2.75) is 19.8 Å². The van der Waals surface area contributed by atoms with Gasteiger partial charge in [0.1, 0.15) is 0 Å². The van der Waals surface area contributed by atoms with Gasteiger partial charge in [0.15, 0.2) is 0 Å². The molecule has 0 saturated carbocycles. The Bertz CT molecular complexity index is 207. The number of rotatable bonds is 3. The second-order valence-electron chi connectivity index (χ2n) is 2.53. The maximum absolute atomic E-state index is 2.35. The van der Waals surface area contributed by atoms with E-state index < -0.39 is 0 Å². The normalized spacial score (nSPS) is 32.0. The molecule has 0 fully saturated rings. The van der Waals surface area contributed by atoms with E-state index in [0.717, 1.165) is 39.1 Å². The molecule has 0 aromatic heterocycles. The predicted octanol–water partition coefficient (Wildman–Crippen LogP) is 3.70. The Kier molecular flexibility index (Phi) is 6.44. The molecule has 14 heavy (non-hydrogen) atoms. The number of hydrogen-bond donors (Lipinski definition) is 0. The molecule has 78 valence electrons. The van der Waals surface area contributed by atoms with Gasteiger partial charge in [-0.2, -0.15) is 0 Å². The van der Waals surface area contributed by atoms with E-state index >= 15 is 0 Å². The number of hydrogen-bond acceptors (Lipinski definition) is 4. The molecule has 0 bridgehead atoms. The molecular weight excluding hydrogens is 382 g/mol. The molecule has 0 aromatic rings. The third-order valence-electron chi connectivity index (χ3n) is 1.50. The molecule has 2 aliphatic heterocycles. The van der Waals surface area contributed by atoms with Crippen LogP contribution in [0, 0.1) is 0 Å². The zero-order valence-corrected chi connectivity index (χ0v) is 14.0. The van der Waals surface area contributed by atoms with E-state index in [-0.39, 0.29) is 0 Å². The Morgan fingerprint density at radius 3 is 1.79 bits per heavy atom. The van der Waals surface area contributed by atoms with E-state index in [2.05, 4.69) is 42.4 Å². The molecule has 0 saturated heterocycles. The van der Waals surface area contributed by atoms with Crippen LogP contribution in [0.3, 0.4) is 0 Å². The van der Waals surface area contributed by atoms with Crippen LogP contribution in [0.4, 0.5) is 0 Å². The van der Waals surface area contributed by atoms with Gasteiger partial charge < -0.3 is 0 Å². The first-order chi connectivity index (χ1) is 6.95. The second-order valence-corrected chi connectivity index (χ2v) is 12.0. The standard InChI is InChI=1S/C8H10S4Se2/c1-3-13-5-7(9-1)11-12-8-6-14-4-2-10-8/h1-4,7-8H,5-6H2. The van der Waals surface area contributed by atoms with Crippen molar-refractivity contribution in [3.8, 4) is 0 Å². The fraction of sp³-hybridized carbons (Fsp3) is 0.500. The third-order valence-corrected chi connectivity index (χ3v) is 13.9. The van der Waals surface area contributed by atoms with Crippen molar-refractivity contribution in [1.82, 2.24) is 0 Å². The van der Waals surface area contributed by atoms with E-state index in [1.807, 2.05) is 23.5 Å². The SMILES string of the molecule is C1=C[Se]CC(SSC2C[Se]C=CS2)S1. The van der Waals surface area contributed by atoms with Gasteiger partial charge in [-0.25, -0.2) is 0 Å². The monoisotopic (exact) mass is 394 g/mol. The average Bonchev–Trinajstić information content (AvgIpc) is 2.29. The van der Waals surface area contributed by atoms with Crippen LogP contribution in [-0.2, 0) is 0 Å². The summed E-state index contributed by atoms with van der Waals surface area (Å²) in [4.78, 5) is 4.70. The van der Waals surface area contributed by atoms with E-state index in [9.17, 15) is 0 Å². The summed E-state index contributed by atoms with van der Waals surface area (Å²) in [6.07, 6.45) is 0. The Morgan fingerprint density at radius 2 is 1.43 bits per heavy atom. The molecule has 2 heterocycles. The summed E-state index contributed by atoms with van der Waals surface area (Å²) in [7, 11) is 4.21. The van der Waals surface area contributed by atoms with Gasteiger partial charge in [-0.3, -0.25) is 0 Å². The van der Waals surface area contributed by atoms with Crippen molar-refractivity contribution in [3.63, 3.8) is 0 Å². The minimum absolute atomic E-state index is 0.771. The van der Waals surface area contributed by atoms with Crippen molar-refractivity contribution in [3.05, 3.63) is 20.8 Å². The summed E-state index contributed by atoms with van der Waals surface area (Å²) in [6.45, 7) is 0. The Labute approximate surface area is 114 Å². The van der Waals surface area contributed by atoms with Crippen LogP contribution >= 0.6 is 45.1 Å². The van der Waals surface area contributed by atoms with Crippen LogP contribution in [0.1, 0.15) is 0 Å². The number of thioether (sulfide) groups is 2. The van der Waals surface area contributed by atoms with Gasteiger partial charge in [0, 0.05) is 0 Å². The van der Waals surface area contributed by atoms with Crippen LogP contribution in [0.2, 0.25) is 10.6 Å². The topological polar surface area (TPSA) is 0 Å². The van der Waals surface area contributed by atoms with Crippen molar-refractivity contribution in [2.75, 3.05) is 0 Å². The quantitative estimate of drug-likeness (QED) is 0.530. The molecule has 6 heteroatoms. The first-order valence-electron chi connectivity index (χ1n) is 4.11. The van der Waals surface area contributed by atoms with Gasteiger partial charge in [0.25, 0.3) is 0 Å². The van der Waals surface area contributed by atoms with Crippen molar-refractivity contribution in [1.29, 1.82) is 0 Å². The van der Waals surface area contributed by atoms with Gasteiger partial charge in [-0.05, 0) is 0 Å². The molecule has 0 radical (unpaired) electrons. The Hall–Kier alpha value is 1.92. The molecule has 0 amide bonds. The minimum atomic E-state index is 0.771. The van der Waals surface area contributed by atoms with Crippen LogP contribution < -0.4 is 0 Å². The van der Waals surface area contributed by atoms with Crippen molar-refractivity contribution >= 4 is 75.0 Å². The average molecular weight is 392 g/mol. The Morgan fingerprint density at radius 1 is 0.929 bits per heavy atom. The van der Waals surface area contributed by atoms with Gasteiger partial charge in [0.2, 0.25) is 0 Å². The predicted molar refractivity (Wildman–Crippen MR) is 77.3 cm³/mol. The van der Waals surface area contributed by atoms with Gasteiger partial charge in [0.05, 0.1) is 0 Å². The van der Waals surface area contributed by atoms with E-state index in [4.69, 9.17) is 0 Å². The van der Waals surface area contributed by atoms with Crippen LogP contribution in [0.25, 0.3) is 0 Å². The van der Waals surface area contributed by atoms with Gasteiger partial charge in [-0.1, -0.05) is 0 Å².